The molecule has 1 aromatic heterocycles. The molecular weight excluding hydrogens is 282 g/mol. The summed E-state index contributed by atoms with van der Waals surface area (Å²) in [7, 11) is 0. The lowest BCUT2D eigenvalue weighted by atomic mass is 10.3. The van der Waals surface area contributed by atoms with Crippen molar-refractivity contribution >= 4 is 21.7 Å². The number of hydrogen-bond acceptors (Lipinski definition) is 4. The zero-order chi connectivity index (χ0) is 12.7. The molecule has 1 aromatic rings. The molecule has 0 bridgehead atoms. The summed E-state index contributed by atoms with van der Waals surface area (Å²) in [5.74, 6) is 1.57. The minimum absolute atomic E-state index is 0.415. The van der Waals surface area contributed by atoms with Crippen molar-refractivity contribution in [1.82, 2.24) is 9.97 Å². The Bertz CT molecular complexity index is 333. The maximum absolute atomic E-state index is 5.39. The molecule has 0 aromatic carbocycles. The third-order valence-electron chi connectivity index (χ3n) is 2.37. The molecule has 0 spiro atoms. The van der Waals surface area contributed by atoms with Crippen LogP contribution in [-0.4, -0.2) is 34.5 Å². The summed E-state index contributed by atoms with van der Waals surface area (Å²) in [6, 6.07) is 2.32. The van der Waals surface area contributed by atoms with Gasteiger partial charge in [-0.3, -0.25) is 0 Å². The topological polar surface area (TPSA) is 38.2 Å². The van der Waals surface area contributed by atoms with Crippen LogP contribution in [0.15, 0.2) is 12.4 Å². The summed E-state index contributed by atoms with van der Waals surface area (Å²) in [6.45, 7) is 7.88. The highest BCUT2D eigenvalue weighted by Crippen LogP contribution is 2.18. The fraction of sp³-hybridized carbons (Fsp3) is 0.667. The highest BCUT2D eigenvalue weighted by atomic mass is 79.9. The van der Waals surface area contributed by atoms with E-state index in [0.29, 0.717) is 18.5 Å². The van der Waals surface area contributed by atoms with Crippen LogP contribution in [0.3, 0.4) is 0 Å². The van der Waals surface area contributed by atoms with E-state index in [2.05, 4.69) is 44.6 Å². The molecule has 0 N–H and O–H groups in total. The molecule has 0 fully saturated rings. The monoisotopic (exact) mass is 301 g/mol. The molecule has 5 heteroatoms. The number of anilines is 1. The Morgan fingerprint density at radius 2 is 2.18 bits per heavy atom. The first-order chi connectivity index (χ1) is 8.19. The van der Waals surface area contributed by atoms with Crippen LogP contribution in [0, 0.1) is 0 Å². The van der Waals surface area contributed by atoms with Crippen LogP contribution in [0.4, 0.5) is 5.82 Å². The minimum atomic E-state index is 0.415. The quantitative estimate of drug-likeness (QED) is 0.726. The van der Waals surface area contributed by atoms with Gasteiger partial charge in [0.1, 0.15) is 12.1 Å². The van der Waals surface area contributed by atoms with Crippen LogP contribution in [0.5, 0.6) is 5.88 Å². The fourth-order valence-electron chi connectivity index (χ4n) is 1.58. The largest absolute Gasteiger partial charge is 0.478 e. The summed E-state index contributed by atoms with van der Waals surface area (Å²) in [6.07, 6.45) is 2.65. The number of nitrogens with zero attached hydrogens (tertiary/aromatic N) is 3. The average Bonchev–Trinajstić information content (AvgIpc) is 2.30. The molecule has 0 saturated heterocycles. The lowest BCUT2D eigenvalue weighted by Crippen LogP contribution is -2.32. The molecule has 4 nitrogen and oxygen atoms in total. The minimum Gasteiger partial charge on any atom is -0.478 e. The third kappa shape index (κ3) is 4.50. The number of alkyl halides is 1. The molecule has 1 rings (SSSR count). The van der Waals surface area contributed by atoms with Crippen molar-refractivity contribution < 1.29 is 4.74 Å². The molecular formula is C12H20BrN3O. The first-order valence-corrected chi connectivity index (χ1v) is 7.08. The molecule has 96 valence electrons. The predicted molar refractivity (Wildman–Crippen MR) is 74.1 cm³/mol. The molecule has 0 aliphatic rings. The van der Waals surface area contributed by atoms with Crippen molar-refractivity contribution in [3.8, 4) is 5.88 Å². The maximum atomic E-state index is 5.39. The summed E-state index contributed by atoms with van der Waals surface area (Å²) in [4.78, 5) is 10.7. The standard InChI is InChI=1S/C12H20BrN3O/c1-4-17-12-8-11(14-9-15-12)16(10(2)3)7-5-6-13/h8-10H,4-7H2,1-3H3. The van der Waals surface area contributed by atoms with Crippen molar-refractivity contribution in [1.29, 1.82) is 0 Å². The van der Waals surface area contributed by atoms with E-state index in [9.17, 15) is 0 Å². The number of aromatic nitrogens is 2. The second-order valence-corrected chi connectivity index (χ2v) is 4.77. The number of hydrogen-bond donors (Lipinski definition) is 0. The Morgan fingerprint density at radius 1 is 1.41 bits per heavy atom. The number of ether oxygens (including phenoxy) is 1. The van der Waals surface area contributed by atoms with Gasteiger partial charge in [-0.15, -0.1) is 0 Å². The Balaban J connectivity index is 2.81. The third-order valence-corrected chi connectivity index (χ3v) is 2.93. The second kappa shape index (κ2) is 7.48. The van der Waals surface area contributed by atoms with Crippen LogP contribution in [0.25, 0.3) is 0 Å². The molecule has 0 saturated carbocycles. The molecule has 1 heterocycles. The Labute approximate surface area is 112 Å². The second-order valence-electron chi connectivity index (χ2n) is 3.98. The van der Waals surface area contributed by atoms with E-state index in [1.165, 1.54) is 0 Å². The van der Waals surface area contributed by atoms with E-state index >= 15 is 0 Å². The smallest absolute Gasteiger partial charge is 0.218 e. The van der Waals surface area contributed by atoms with Crippen molar-refractivity contribution in [2.75, 3.05) is 23.4 Å². The number of halogens is 1. The van der Waals surface area contributed by atoms with Crippen LogP contribution in [0.1, 0.15) is 27.2 Å². The maximum Gasteiger partial charge on any atom is 0.218 e. The Hall–Kier alpha value is -0.840. The molecule has 17 heavy (non-hydrogen) atoms. The van der Waals surface area contributed by atoms with Gasteiger partial charge in [0.15, 0.2) is 0 Å². The lowest BCUT2D eigenvalue weighted by Gasteiger charge is -2.27. The van der Waals surface area contributed by atoms with Gasteiger partial charge in [0.25, 0.3) is 0 Å². The first kappa shape index (κ1) is 14.2. The zero-order valence-electron chi connectivity index (χ0n) is 10.7. The van der Waals surface area contributed by atoms with Gasteiger partial charge in [0.2, 0.25) is 5.88 Å². The van der Waals surface area contributed by atoms with E-state index < -0.39 is 0 Å². The molecule has 0 amide bonds. The van der Waals surface area contributed by atoms with E-state index in [4.69, 9.17) is 4.74 Å². The van der Waals surface area contributed by atoms with E-state index in [1.807, 2.05) is 13.0 Å². The lowest BCUT2D eigenvalue weighted by molar-refractivity contribution is 0.326. The van der Waals surface area contributed by atoms with Crippen molar-refractivity contribution in [2.45, 2.75) is 33.2 Å². The van der Waals surface area contributed by atoms with Crippen LogP contribution in [0.2, 0.25) is 0 Å². The van der Waals surface area contributed by atoms with Crippen molar-refractivity contribution in [3.63, 3.8) is 0 Å². The Kier molecular flexibility index (Phi) is 6.26. The van der Waals surface area contributed by atoms with Gasteiger partial charge < -0.3 is 9.64 Å². The molecule has 0 unspecified atom stereocenters. The normalized spacial score (nSPS) is 10.6. The van der Waals surface area contributed by atoms with Gasteiger partial charge in [-0.2, -0.15) is 0 Å². The molecule has 0 radical (unpaired) electrons. The average molecular weight is 302 g/mol. The SMILES string of the molecule is CCOc1cc(N(CCCBr)C(C)C)ncn1. The predicted octanol–water partition coefficient (Wildman–Crippen LogP) is 2.88. The summed E-state index contributed by atoms with van der Waals surface area (Å²) in [5.41, 5.74) is 0. The van der Waals surface area contributed by atoms with Crippen LogP contribution >= 0.6 is 15.9 Å². The van der Waals surface area contributed by atoms with E-state index in [-0.39, 0.29) is 0 Å². The Morgan fingerprint density at radius 3 is 2.76 bits per heavy atom. The zero-order valence-corrected chi connectivity index (χ0v) is 12.3. The van der Waals surface area contributed by atoms with Gasteiger partial charge in [-0.25, -0.2) is 9.97 Å². The van der Waals surface area contributed by atoms with Gasteiger partial charge >= 0.3 is 0 Å². The van der Waals surface area contributed by atoms with Crippen LogP contribution < -0.4 is 9.64 Å². The molecule has 0 aliphatic heterocycles. The fourth-order valence-corrected chi connectivity index (χ4v) is 1.83. The molecule has 0 atom stereocenters. The van der Waals surface area contributed by atoms with Crippen molar-refractivity contribution in [2.24, 2.45) is 0 Å². The van der Waals surface area contributed by atoms with E-state index in [1.54, 1.807) is 6.33 Å². The summed E-state index contributed by atoms with van der Waals surface area (Å²) < 4.78 is 5.39. The van der Waals surface area contributed by atoms with Crippen LogP contribution in [-0.2, 0) is 0 Å². The summed E-state index contributed by atoms with van der Waals surface area (Å²) >= 11 is 3.45. The highest BCUT2D eigenvalue weighted by molar-refractivity contribution is 9.09. The van der Waals surface area contributed by atoms with Gasteiger partial charge in [0, 0.05) is 24.0 Å². The molecule has 0 aliphatic carbocycles. The van der Waals surface area contributed by atoms with Gasteiger partial charge in [-0.05, 0) is 27.2 Å². The first-order valence-electron chi connectivity index (χ1n) is 5.96. The summed E-state index contributed by atoms with van der Waals surface area (Å²) in [5, 5.41) is 1.000. The van der Waals surface area contributed by atoms with E-state index in [0.717, 1.165) is 24.1 Å². The van der Waals surface area contributed by atoms with Crippen molar-refractivity contribution in [3.05, 3.63) is 12.4 Å². The van der Waals surface area contributed by atoms with Gasteiger partial charge in [-0.1, -0.05) is 15.9 Å². The highest BCUT2D eigenvalue weighted by Gasteiger charge is 2.12. The van der Waals surface area contributed by atoms with Gasteiger partial charge in [0.05, 0.1) is 6.61 Å². The number of rotatable bonds is 7.